The molecule has 0 radical (unpaired) electrons. The molecule has 0 atom stereocenters. The average Bonchev–Trinajstić information content (AvgIpc) is 3.10. The zero-order valence-corrected chi connectivity index (χ0v) is 21.0. The van der Waals surface area contributed by atoms with Crippen LogP contribution in [0.1, 0.15) is 64.8 Å². The molecule has 3 aromatic carbocycles. The van der Waals surface area contributed by atoms with Gasteiger partial charge in [0.1, 0.15) is 18.9 Å². The van der Waals surface area contributed by atoms with E-state index in [9.17, 15) is 14.4 Å². The number of ether oxygens (including phenoxy) is 1. The van der Waals surface area contributed by atoms with Crippen LogP contribution < -0.4 is 9.64 Å². The molecule has 1 heterocycles. The highest BCUT2D eigenvalue weighted by Crippen LogP contribution is 2.33. The summed E-state index contributed by atoms with van der Waals surface area (Å²) < 4.78 is 6.19. The molecule has 0 unspecified atom stereocenters. The van der Waals surface area contributed by atoms with E-state index in [0.29, 0.717) is 41.6 Å². The van der Waals surface area contributed by atoms with Crippen LogP contribution in [0.25, 0.3) is 0 Å². The lowest BCUT2D eigenvalue weighted by Gasteiger charge is -2.30. The zero-order valence-electron chi connectivity index (χ0n) is 21.0. The first-order valence-electron chi connectivity index (χ1n) is 13.1. The number of nitrogens with zero attached hydrogens (tertiary/aromatic N) is 2. The number of imide groups is 1. The predicted octanol–water partition coefficient (Wildman–Crippen LogP) is 5.87. The number of rotatable bonds is 8. The number of para-hydroxylation sites is 2. The molecule has 5 rings (SSSR count). The molecule has 0 bridgehead atoms. The van der Waals surface area contributed by atoms with Gasteiger partial charge in [0.25, 0.3) is 11.8 Å². The normalized spacial score (nSPS) is 15.8. The lowest BCUT2D eigenvalue weighted by Crippen LogP contribution is -2.44. The molecule has 0 saturated heterocycles. The van der Waals surface area contributed by atoms with Gasteiger partial charge in [-0.15, -0.1) is 0 Å². The fourth-order valence-electron chi connectivity index (χ4n) is 5.28. The van der Waals surface area contributed by atoms with E-state index in [1.807, 2.05) is 54.6 Å². The van der Waals surface area contributed by atoms with E-state index in [1.54, 1.807) is 29.2 Å². The van der Waals surface area contributed by atoms with E-state index < -0.39 is 11.8 Å². The van der Waals surface area contributed by atoms with Gasteiger partial charge in [0.2, 0.25) is 5.91 Å². The standard InChI is InChI=1S/C31H32N2O4/c34-29(21-33-30(35)25-16-8-9-17-26(25)31(33)36)32(20-23-12-4-1-2-5-13-23)27-18-10-11-19-28(27)37-22-24-14-6-3-7-15-24/h3,6-11,14-19,23H,1-2,4-5,12-13,20-22H2. The van der Waals surface area contributed by atoms with Crippen LogP contribution in [0.5, 0.6) is 5.75 Å². The number of anilines is 1. The predicted molar refractivity (Wildman–Crippen MR) is 143 cm³/mol. The lowest BCUT2D eigenvalue weighted by atomic mass is 9.99. The van der Waals surface area contributed by atoms with E-state index in [2.05, 4.69) is 0 Å². The molecule has 1 saturated carbocycles. The van der Waals surface area contributed by atoms with Gasteiger partial charge in [0, 0.05) is 6.54 Å². The van der Waals surface area contributed by atoms with Crippen molar-refractivity contribution in [3.63, 3.8) is 0 Å². The molecule has 0 spiro atoms. The van der Waals surface area contributed by atoms with Gasteiger partial charge in [0.15, 0.2) is 0 Å². The van der Waals surface area contributed by atoms with Gasteiger partial charge < -0.3 is 9.64 Å². The number of hydrogen-bond donors (Lipinski definition) is 0. The summed E-state index contributed by atoms with van der Waals surface area (Å²) in [4.78, 5) is 42.6. The Hall–Kier alpha value is -3.93. The molecule has 37 heavy (non-hydrogen) atoms. The molecule has 1 fully saturated rings. The van der Waals surface area contributed by atoms with Crippen molar-refractivity contribution in [2.75, 3.05) is 18.0 Å². The van der Waals surface area contributed by atoms with Crippen molar-refractivity contribution >= 4 is 23.4 Å². The number of hydrogen-bond acceptors (Lipinski definition) is 4. The quantitative estimate of drug-likeness (QED) is 0.289. The summed E-state index contributed by atoms with van der Waals surface area (Å²) in [7, 11) is 0. The van der Waals surface area contributed by atoms with E-state index in [4.69, 9.17) is 4.74 Å². The average molecular weight is 497 g/mol. The molecule has 0 aromatic heterocycles. The van der Waals surface area contributed by atoms with Gasteiger partial charge >= 0.3 is 0 Å². The van der Waals surface area contributed by atoms with Crippen molar-refractivity contribution in [1.29, 1.82) is 0 Å². The molecule has 0 N–H and O–H groups in total. The van der Waals surface area contributed by atoms with Gasteiger partial charge in [0.05, 0.1) is 16.8 Å². The van der Waals surface area contributed by atoms with Crippen LogP contribution in [0.2, 0.25) is 0 Å². The van der Waals surface area contributed by atoms with Crippen LogP contribution in [-0.4, -0.2) is 35.7 Å². The number of carbonyl (C=O) groups excluding carboxylic acids is 3. The first-order chi connectivity index (χ1) is 18.1. The van der Waals surface area contributed by atoms with Crippen LogP contribution in [-0.2, 0) is 11.4 Å². The highest BCUT2D eigenvalue weighted by atomic mass is 16.5. The largest absolute Gasteiger partial charge is 0.487 e. The van der Waals surface area contributed by atoms with E-state index >= 15 is 0 Å². The van der Waals surface area contributed by atoms with Gasteiger partial charge in [-0.2, -0.15) is 0 Å². The number of amides is 3. The van der Waals surface area contributed by atoms with Crippen LogP contribution in [0, 0.1) is 5.92 Å². The van der Waals surface area contributed by atoms with E-state index in [1.165, 1.54) is 12.8 Å². The maximum Gasteiger partial charge on any atom is 0.262 e. The van der Waals surface area contributed by atoms with Gasteiger partial charge in [-0.1, -0.05) is 80.3 Å². The Balaban J connectivity index is 1.41. The second-order valence-corrected chi connectivity index (χ2v) is 9.85. The third-order valence-electron chi connectivity index (χ3n) is 7.28. The minimum Gasteiger partial charge on any atom is -0.487 e. The smallest absolute Gasteiger partial charge is 0.262 e. The van der Waals surface area contributed by atoms with Crippen molar-refractivity contribution in [2.45, 2.75) is 45.1 Å². The van der Waals surface area contributed by atoms with Gasteiger partial charge in [-0.3, -0.25) is 19.3 Å². The van der Waals surface area contributed by atoms with E-state index in [0.717, 1.165) is 36.1 Å². The monoisotopic (exact) mass is 496 g/mol. The summed E-state index contributed by atoms with van der Waals surface area (Å²) in [6.45, 7) is 0.613. The molecule has 3 aromatic rings. The summed E-state index contributed by atoms with van der Waals surface area (Å²) in [6.07, 6.45) is 6.86. The second-order valence-electron chi connectivity index (χ2n) is 9.85. The number of fused-ring (bicyclic) bond motifs is 1. The topological polar surface area (TPSA) is 66.9 Å². The minimum atomic E-state index is -0.419. The Kier molecular flexibility index (Phi) is 7.64. The molecule has 190 valence electrons. The Labute approximate surface area is 217 Å². The van der Waals surface area contributed by atoms with E-state index in [-0.39, 0.29) is 12.5 Å². The van der Waals surface area contributed by atoms with Crippen molar-refractivity contribution in [3.8, 4) is 5.75 Å². The summed E-state index contributed by atoms with van der Waals surface area (Å²) in [5.74, 6) is -0.157. The molecule has 3 amide bonds. The molecule has 2 aliphatic rings. The third kappa shape index (κ3) is 5.58. The van der Waals surface area contributed by atoms with Crippen molar-refractivity contribution in [1.82, 2.24) is 4.90 Å². The number of benzene rings is 3. The highest BCUT2D eigenvalue weighted by Gasteiger charge is 2.37. The van der Waals surface area contributed by atoms with Crippen molar-refractivity contribution in [3.05, 3.63) is 95.6 Å². The van der Waals surface area contributed by atoms with Crippen LogP contribution in [0.3, 0.4) is 0 Å². The zero-order chi connectivity index (χ0) is 25.6. The van der Waals surface area contributed by atoms with Gasteiger partial charge in [-0.25, -0.2) is 0 Å². The van der Waals surface area contributed by atoms with Crippen molar-refractivity contribution in [2.24, 2.45) is 5.92 Å². The summed E-state index contributed by atoms with van der Waals surface area (Å²) in [6, 6.07) is 24.2. The second kappa shape index (κ2) is 11.4. The summed E-state index contributed by atoms with van der Waals surface area (Å²) >= 11 is 0. The maximum atomic E-state index is 13.9. The summed E-state index contributed by atoms with van der Waals surface area (Å²) in [5.41, 5.74) is 2.40. The minimum absolute atomic E-state index is 0.283. The first kappa shape index (κ1) is 24.8. The van der Waals surface area contributed by atoms with Crippen LogP contribution in [0.15, 0.2) is 78.9 Å². The Bertz CT molecular complexity index is 1230. The molecule has 6 heteroatoms. The Morgan fingerprint density at radius 3 is 2.05 bits per heavy atom. The highest BCUT2D eigenvalue weighted by molar-refractivity contribution is 6.22. The Morgan fingerprint density at radius 2 is 1.38 bits per heavy atom. The lowest BCUT2D eigenvalue weighted by molar-refractivity contribution is -0.119. The first-order valence-corrected chi connectivity index (χ1v) is 13.1. The van der Waals surface area contributed by atoms with Gasteiger partial charge in [-0.05, 0) is 48.6 Å². The SMILES string of the molecule is O=C1c2ccccc2C(=O)N1CC(=O)N(CC1CCCCCC1)c1ccccc1OCc1ccccc1. The third-order valence-corrected chi connectivity index (χ3v) is 7.28. The Morgan fingerprint density at radius 1 is 0.784 bits per heavy atom. The molecule has 1 aliphatic heterocycles. The number of carbonyl (C=O) groups is 3. The summed E-state index contributed by atoms with van der Waals surface area (Å²) in [5, 5.41) is 0. The van der Waals surface area contributed by atoms with Crippen LogP contribution in [0.4, 0.5) is 5.69 Å². The molecular formula is C31H32N2O4. The fraction of sp³-hybridized carbons (Fsp3) is 0.323. The van der Waals surface area contributed by atoms with Crippen LogP contribution >= 0.6 is 0 Å². The molecular weight excluding hydrogens is 464 g/mol. The molecule has 1 aliphatic carbocycles. The van der Waals surface area contributed by atoms with Crippen molar-refractivity contribution < 1.29 is 19.1 Å². The fourth-order valence-corrected chi connectivity index (χ4v) is 5.28. The molecule has 6 nitrogen and oxygen atoms in total. The maximum absolute atomic E-state index is 13.9.